The van der Waals surface area contributed by atoms with Gasteiger partial charge in [0.2, 0.25) is 5.91 Å². The smallest absolute Gasteiger partial charge is 0.243 e. The van der Waals surface area contributed by atoms with Gasteiger partial charge in [-0.1, -0.05) is 17.7 Å². The van der Waals surface area contributed by atoms with Gasteiger partial charge in [0.25, 0.3) is 0 Å². The first-order valence-electron chi connectivity index (χ1n) is 9.40. The Labute approximate surface area is 179 Å². The number of hydrogen-bond donors (Lipinski definition) is 2. The van der Waals surface area contributed by atoms with Gasteiger partial charge in [-0.15, -0.1) is 11.3 Å². The predicted octanol–water partition coefficient (Wildman–Crippen LogP) is 2.94. The third-order valence-electron chi connectivity index (χ3n) is 4.68. The van der Waals surface area contributed by atoms with E-state index in [-0.39, 0.29) is 23.5 Å². The Balaban J connectivity index is 1.62. The maximum absolute atomic E-state index is 13.4. The summed E-state index contributed by atoms with van der Waals surface area (Å²) in [6.07, 6.45) is 0.899. The molecule has 2 aromatic rings. The molecule has 1 atom stereocenters. The van der Waals surface area contributed by atoms with Crippen molar-refractivity contribution >= 4 is 40.5 Å². The Bertz CT molecular complexity index is 859. The molecular weight excluding hydrogens is 413 g/mol. The molecule has 1 aromatic carbocycles. The van der Waals surface area contributed by atoms with Crippen molar-refractivity contribution in [2.24, 2.45) is 4.99 Å². The van der Waals surface area contributed by atoms with E-state index in [0.29, 0.717) is 12.5 Å². The van der Waals surface area contributed by atoms with E-state index in [2.05, 4.69) is 26.6 Å². The van der Waals surface area contributed by atoms with Gasteiger partial charge in [0, 0.05) is 43.8 Å². The topological polar surface area (TPSA) is 60.0 Å². The second-order valence-corrected chi connectivity index (χ2v) is 8.50. The lowest BCUT2D eigenvalue weighted by molar-refractivity contribution is -0.127. The van der Waals surface area contributed by atoms with E-state index >= 15 is 0 Å². The number of rotatable bonds is 6. The number of benzene rings is 1. The summed E-state index contributed by atoms with van der Waals surface area (Å²) in [6, 6.07) is 8.99. The van der Waals surface area contributed by atoms with E-state index in [9.17, 15) is 9.18 Å². The van der Waals surface area contributed by atoms with E-state index in [1.165, 1.54) is 15.8 Å². The molecule has 0 saturated carbocycles. The highest BCUT2D eigenvalue weighted by molar-refractivity contribution is 7.09. The normalized spacial score (nSPS) is 16.8. The summed E-state index contributed by atoms with van der Waals surface area (Å²) < 4.78 is 13.4. The largest absolute Gasteiger partial charge is 0.369 e. The van der Waals surface area contributed by atoms with Crippen molar-refractivity contribution in [3.63, 3.8) is 0 Å². The summed E-state index contributed by atoms with van der Waals surface area (Å²) in [5.41, 5.74) is 0.897. The van der Waals surface area contributed by atoms with Crippen LogP contribution in [0.1, 0.15) is 11.3 Å². The molecule has 2 heterocycles. The summed E-state index contributed by atoms with van der Waals surface area (Å²) >= 11 is 7.58. The summed E-state index contributed by atoms with van der Waals surface area (Å²) in [4.78, 5) is 21.2. The first kappa shape index (κ1) is 21.4. The molecule has 1 saturated heterocycles. The number of halogens is 2. The number of amides is 1. The van der Waals surface area contributed by atoms with Gasteiger partial charge in [-0.05, 0) is 36.1 Å². The third kappa shape index (κ3) is 6.08. The van der Waals surface area contributed by atoms with Gasteiger partial charge in [-0.3, -0.25) is 4.79 Å². The Kier molecular flexibility index (Phi) is 7.33. The SMILES string of the molecule is CN(C)C(=O)CN=C(NCc1cccs1)NC1CCN(c2ccc(F)c(Cl)c2)C1. The minimum absolute atomic E-state index is 0.0590. The molecule has 1 aromatic heterocycles. The van der Waals surface area contributed by atoms with E-state index in [0.717, 1.165) is 25.2 Å². The molecule has 9 heteroatoms. The van der Waals surface area contributed by atoms with Gasteiger partial charge in [0.05, 0.1) is 11.6 Å². The van der Waals surface area contributed by atoms with Gasteiger partial charge in [-0.25, -0.2) is 9.38 Å². The third-order valence-corrected chi connectivity index (χ3v) is 5.84. The number of thiophene rings is 1. The lowest BCUT2D eigenvalue weighted by atomic mass is 10.2. The Morgan fingerprint density at radius 2 is 2.24 bits per heavy atom. The van der Waals surface area contributed by atoms with Crippen LogP contribution in [0, 0.1) is 5.82 Å². The van der Waals surface area contributed by atoms with Crippen molar-refractivity contribution in [1.29, 1.82) is 0 Å². The van der Waals surface area contributed by atoms with Crippen molar-refractivity contribution in [2.45, 2.75) is 19.0 Å². The summed E-state index contributed by atoms with van der Waals surface area (Å²) in [5, 5.41) is 8.88. The van der Waals surface area contributed by atoms with Crippen molar-refractivity contribution in [3.8, 4) is 0 Å². The number of carbonyl (C=O) groups is 1. The van der Waals surface area contributed by atoms with Crippen LogP contribution in [0.3, 0.4) is 0 Å². The molecule has 1 fully saturated rings. The number of aliphatic imine (C=N–C) groups is 1. The molecule has 156 valence electrons. The molecule has 0 radical (unpaired) electrons. The van der Waals surface area contributed by atoms with E-state index in [4.69, 9.17) is 11.6 Å². The molecule has 6 nitrogen and oxygen atoms in total. The molecular formula is C20H25ClFN5OS. The number of carbonyl (C=O) groups excluding carboxylic acids is 1. The fourth-order valence-corrected chi connectivity index (χ4v) is 3.83. The minimum atomic E-state index is -0.415. The number of nitrogens with zero attached hydrogens (tertiary/aromatic N) is 3. The predicted molar refractivity (Wildman–Crippen MR) is 117 cm³/mol. The fourth-order valence-electron chi connectivity index (χ4n) is 3.01. The van der Waals surface area contributed by atoms with Crippen LogP contribution in [0.15, 0.2) is 40.7 Å². The number of hydrogen-bond acceptors (Lipinski definition) is 4. The first-order chi connectivity index (χ1) is 13.9. The van der Waals surface area contributed by atoms with E-state index in [1.54, 1.807) is 37.6 Å². The lowest BCUT2D eigenvalue weighted by Gasteiger charge is -2.21. The Hall–Kier alpha value is -2.32. The fraction of sp³-hybridized carbons (Fsp3) is 0.400. The van der Waals surface area contributed by atoms with Gasteiger partial charge >= 0.3 is 0 Å². The maximum atomic E-state index is 13.4. The van der Waals surface area contributed by atoms with Crippen LogP contribution in [0.4, 0.5) is 10.1 Å². The van der Waals surface area contributed by atoms with Crippen LogP contribution in [0.25, 0.3) is 0 Å². The minimum Gasteiger partial charge on any atom is -0.369 e. The highest BCUT2D eigenvalue weighted by Crippen LogP contribution is 2.25. The number of guanidine groups is 1. The molecule has 1 amide bonds. The molecule has 1 aliphatic rings. The molecule has 1 aliphatic heterocycles. The Morgan fingerprint density at radius 3 is 2.93 bits per heavy atom. The molecule has 29 heavy (non-hydrogen) atoms. The zero-order valence-corrected chi connectivity index (χ0v) is 18.1. The molecule has 0 spiro atoms. The number of likely N-dealkylation sites (N-methyl/N-ethyl adjacent to an activating group) is 1. The molecule has 3 rings (SSSR count). The van der Waals surface area contributed by atoms with Crippen LogP contribution in [-0.2, 0) is 11.3 Å². The van der Waals surface area contributed by atoms with E-state index in [1.807, 2.05) is 11.4 Å². The number of anilines is 1. The van der Waals surface area contributed by atoms with Crippen LogP contribution in [0.2, 0.25) is 5.02 Å². The average molecular weight is 438 g/mol. The van der Waals surface area contributed by atoms with Gasteiger partial charge in [-0.2, -0.15) is 0 Å². The van der Waals surface area contributed by atoms with Gasteiger partial charge < -0.3 is 20.4 Å². The number of nitrogens with one attached hydrogen (secondary N) is 2. The average Bonchev–Trinajstić information content (AvgIpc) is 3.37. The quantitative estimate of drug-likeness (QED) is 0.539. The second kappa shape index (κ2) is 9.93. The first-order valence-corrected chi connectivity index (χ1v) is 10.7. The maximum Gasteiger partial charge on any atom is 0.243 e. The summed E-state index contributed by atoms with van der Waals surface area (Å²) in [6.45, 7) is 2.29. The van der Waals surface area contributed by atoms with Gasteiger partial charge in [0.15, 0.2) is 5.96 Å². The van der Waals surface area contributed by atoms with Gasteiger partial charge in [0.1, 0.15) is 12.4 Å². The second-order valence-electron chi connectivity index (χ2n) is 7.06. The zero-order valence-electron chi connectivity index (χ0n) is 16.5. The summed E-state index contributed by atoms with van der Waals surface area (Å²) in [7, 11) is 3.43. The Morgan fingerprint density at radius 1 is 1.41 bits per heavy atom. The van der Waals surface area contributed by atoms with Crippen LogP contribution < -0.4 is 15.5 Å². The van der Waals surface area contributed by atoms with Crippen LogP contribution >= 0.6 is 22.9 Å². The highest BCUT2D eigenvalue weighted by Gasteiger charge is 2.24. The monoisotopic (exact) mass is 437 g/mol. The zero-order chi connectivity index (χ0) is 20.8. The summed E-state index contributed by atoms with van der Waals surface area (Å²) in [5.74, 6) is 0.135. The van der Waals surface area contributed by atoms with Crippen molar-refractivity contribution in [3.05, 3.63) is 51.4 Å². The van der Waals surface area contributed by atoms with E-state index < -0.39 is 5.82 Å². The van der Waals surface area contributed by atoms with Crippen LogP contribution in [0.5, 0.6) is 0 Å². The molecule has 0 bridgehead atoms. The van der Waals surface area contributed by atoms with Crippen LogP contribution in [-0.4, -0.2) is 56.5 Å². The molecule has 0 aliphatic carbocycles. The molecule has 1 unspecified atom stereocenters. The van der Waals surface area contributed by atoms with Crippen molar-refractivity contribution < 1.29 is 9.18 Å². The van der Waals surface area contributed by atoms with Crippen molar-refractivity contribution in [2.75, 3.05) is 38.6 Å². The van der Waals surface area contributed by atoms with Crippen molar-refractivity contribution in [1.82, 2.24) is 15.5 Å². The molecule has 2 N–H and O–H groups in total. The standard InChI is InChI=1S/C20H25ClFN5OS/c1-26(2)19(28)12-24-20(23-11-16-4-3-9-29-16)25-14-7-8-27(13-14)15-5-6-18(22)17(21)10-15/h3-6,9-10,14H,7-8,11-13H2,1-2H3,(H2,23,24,25). The highest BCUT2D eigenvalue weighted by atomic mass is 35.5. The lowest BCUT2D eigenvalue weighted by Crippen LogP contribution is -2.45.